The molecule has 0 spiro atoms. The predicted octanol–water partition coefficient (Wildman–Crippen LogP) is 12.2. The first kappa shape index (κ1) is 29.7. The Bertz CT molecular complexity index is 2510. The highest BCUT2D eigenvalue weighted by Gasteiger charge is 2.18. The molecule has 8 aromatic rings. The maximum absolute atomic E-state index is 5.16. The first-order valence-electron chi connectivity index (χ1n) is 17.2. The van der Waals surface area contributed by atoms with Crippen molar-refractivity contribution in [2.24, 2.45) is 0 Å². The van der Waals surface area contributed by atoms with Crippen molar-refractivity contribution in [3.63, 3.8) is 0 Å². The van der Waals surface area contributed by atoms with Gasteiger partial charge in [-0.1, -0.05) is 146 Å². The Labute approximate surface area is 292 Å². The second-order valence-corrected chi connectivity index (χ2v) is 12.7. The van der Waals surface area contributed by atoms with Gasteiger partial charge in [0.25, 0.3) is 0 Å². The number of hydrogen-bond acceptors (Lipinski definition) is 3. The van der Waals surface area contributed by atoms with E-state index in [2.05, 4.69) is 157 Å². The molecule has 2 heterocycles. The van der Waals surface area contributed by atoms with E-state index in [0.717, 1.165) is 52.0 Å². The Balaban J connectivity index is 1.18. The molecular weight excluding hydrogens is 607 g/mol. The lowest BCUT2D eigenvalue weighted by Crippen LogP contribution is -1.97. The van der Waals surface area contributed by atoms with Crippen molar-refractivity contribution in [1.29, 1.82) is 0 Å². The molecule has 2 aromatic heterocycles. The summed E-state index contributed by atoms with van der Waals surface area (Å²) >= 11 is 0. The minimum Gasteiger partial charge on any atom is -0.264 e. The van der Waals surface area contributed by atoms with Crippen LogP contribution in [0.15, 0.2) is 176 Å². The smallest absolute Gasteiger partial charge is 0.160 e. The molecule has 0 bridgehead atoms. The SMILES string of the molecule is C1=CCCC(c2c3ccccc3c(-c3ccc(-c4nc(-c5ccccc5)cc(-c5cccc(-c6cccnc6)c5)n4)cc3)c3ccccc23)=C1. The van der Waals surface area contributed by atoms with Gasteiger partial charge in [0, 0.05) is 34.6 Å². The Morgan fingerprint density at radius 2 is 1.04 bits per heavy atom. The summed E-state index contributed by atoms with van der Waals surface area (Å²) in [4.78, 5) is 14.6. The highest BCUT2D eigenvalue weighted by molar-refractivity contribution is 6.18. The van der Waals surface area contributed by atoms with Crippen LogP contribution in [-0.2, 0) is 0 Å². The van der Waals surface area contributed by atoms with E-state index in [9.17, 15) is 0 Å². The molecule has 6 aromatic carbocycles. The fourth-order valence-electron chi connectivity index (χ4n) is 7.25. The van der Waals surface area contributed by atoms with E-state index in [1.54, 1.807) is 6.20 Å². The predicted molar refractivity (Wildman–Crippen MR) is 208 cm³/mol. The van der Waals surface area contributed by atoms with E-state index in [-0.39, 0.29) is 0 Å². The Morgan fingerprint density at radius 1 is 0.440 bits per heavy atom. The van der Waals surface area contributed by atoms with Crippen molar-refractivity contribution in [2.75, 3.05) is 0 Å². The van der Waals surface area contributed by atoms with Gasteiger partial charge in [-0.15, -0.1) is 0 Å². The summed E-state index contributed by atoms with van der Waals surface area (Å²) in [6.07, 6.45) is 12.6. The van der Waals surface area contributed by atoms with Crippen LogP contribution < -0.4 is 0 Å². The highest BCUT2D eigenvalue weighted by Crippen LogP contribution is 2.43. The molecule has 0 radical (unpaired) electrons. The van der Waals surface area contributed by atoms with Gasteiger partial charge in [-0.2, -0.15) is 0 Å². The van der Waals surface area contributed by atoms with Crippen molar-refractivity contribution in [3.8, 4) is 56.2 Å². The molecule has 0 fully saturated rings. The molecule has 9 rings (SSSR count). The first-order chi connectivity index (χ1) is 24.8. The topological polar surface area (TPSA) is 38.7 Å². The number of benzene rings is 6. The molecule has 0 amide bonds. The summed E-state index contributed by atoms with van der Waals surface area (Å²) in [7, 11) is 0. The molecule has 0 aliphatic heterocycles. The van der Waals surface area contributed by atoms with Gasteiger partial charge >= 0.3 is 0 Å². The number of aromatic nitrogens is 3. The van der Waals surface area contributed by atoms with Gasteiger partial charge in [0.05, 0.1) is 11.4 Å². The minimum absolute atomic E-state index is 0.696. The quantitative estimate of drug-likeness (QED) is 0.170. The van der Waals surface area contributed by atoms with Gasteiger partial charge in [0.15, 0.2) is 5.82 Å². The number of rotatable bonds is 6. The molecule has 1 aliphatic rings. The average Bonchev–Trinajstić information content (AvgIpc) is 3.21. The lowest BCUT2D eigenvalue weighted by molar-refractivity contribution is 1.06. The number of hydrogen-bond donors (Lipinski definition) is 0. The van der Waals surface area contributed by atoms with Crippen molar-refractivity contribution in [2.45, 2.75) is 12.8 Å². The third kappa shape index (κ3) is 5.49. The molecular formula is C47H33N3. The van der Waals surface area contributed by atoms with E-state index < -0.39 is 0 Å². The zero-order valence-corrected chi connectivity index (χ0v) is 27.5. The summed E-state index contributed by atoms with van der Waals surface area (Å²) in [5.74, 6) is 0.696. The van der Waals surface area contributed by atoms with Crippen molar-refractivity contribution in [3.05, 3.63) is 182 Å². The van der Waals surface area contributed by atoms with Crippen LogP contribution in [0.1, 0.15) is 18.4 Å². The van der Waals surface area contributed by atoms with Crippen LogP contribution >= 0.6 is 0 Å². The second kappa shape index (κ2) is 12.9. The number of fused-ring (bicyclic) bond motifs is 2. The summed E-state index contributed by atoms with van der Waals surface area (Å²) in [5, 5.41) is 5.12. The molecule has 0 atom stereocenters. The molecule has 0 saturated carbocycles. The van der Waals surface area contributed by atoms with Gasteiger partial charge in [-0.25, -0.2) is 9.97 Å². The first-order valence-corrected chi connectivity index (χ1v) is 17.2. The summed E-state index contributed by atoms with van der Waals surface area (Å²) in [6, 6.07) is 51.5. The van der Waals surface area contributed by atoms with Crippen molar-refractivity contribution in [1.82, 2.24) is 15.0 Å². The maximum Gasteiger partial charge on any atom is 0.160 e. The van der Waals surface area contributed by atoms with Crippen molar-refractivity contribution < 1.29 is 0 Å². The summed E-state index contributed by atoms with van der Waals surface area (Å²) in [6.45, 7) is 0. The van der Waals surface area contributed by atoms with Crippen LogP contribution in [0, 0.1) is 0 Å². The third-order valence-corrected chi connectivity index (χ3v) is 9.65. The summed E-state index contributed by atoms with van der Waals surface area (Å²) < 4.78 is 0. The largest absolute Gasteiger partial charge is 0.264 e. The van der Waals surface area contributed by atoms with Crippen LogP contribution in [0.5, 0.6) is 0 Å². The molecule has 50 heavy (non-hydrogen) atoms. The van der Waals surface area contributed by atoms with E-state index >= 15 is 0 Å². The van der Waals surface area contributed by atoms with E-state index in [4.69, 9.17) is 9.97 Å². The van der Waals surface area contributed by atoms with E-state index in [1.165, 1.54) is 43.8 Å². The standard InChI is InChI=1S/C47H33N3/c1-3-13-32(14-4-1)43-30-44(37-18-11-17-36(29-37)38-19-12-28-48-31-38)50-47(49-43)35-26-24-34(25-27-35)46-41-22-9-7-20-39(41)45(33-15-5-2-6-16-33)40-21-8-10-23-42(40)46/h1-5,7-15,17-31H,6,16H2. The zero-order valence-electron chi connectivity index (χ0n) is 27.5. The van der Waals surface area contributed by atoms with Gasteiger partial charge < -0.3 is 0 Å². The Hall–Kier alpha value is -6.45. The molecule has 236 valence electrons. The Morgan fingerprint density at radius 3 is 1.70 bits per heavy atom. The van der Waals surface area contributed by atoms with Crippen LogP contribution in [0.25, 0.3) is 83.3 Å². The van der Waals surface area contributed by atoms with Gasteiger partial charge in [-0.3, -0.25) is 4.98 Å². The highest BCUT2D eigenvalue weighted by atomic mass is 14.9. The van der Waals surface area contributed by atoms with Crippen LogP contribution in [0.3, 0.4) is 0 Å². The summed E-state index contributed by atoms with van der Waals surface area (Å²) in [5.41, 5.74) is 12.2. The fraction of sp³-hybridized carbons (Fsp3) is 0.0426. The molecule has 3 heteroatoms. The third-order valence-electron chi connectivity index (χ3n) is 9.65. The van der Waals surface area contributed by atoms with Crippen molar-refractivity contribution >= 4 is 27.1 Å². The van der Waals surface area contributed by atoms with E-state index in [0.29, 0.717) is 5.82 Å². The molecule has 0 N–H and O–H groups in total. The monoisotopic (exact) mass is 639 g/mol. The van der Waals surface area contributed by atoms with Gasteiger partial charge in [0.2, 0.25) is 0 Å². The molecule has 0 unspecified atom stereocenters. The van der Waals surface area contributed by atoms with Crippen LogP contribution in [-0.4, -0.2) is 15.0 Å². The Kier molecular flexibility index (Phi) is 7.64. The number of nitrogens with zero attached hydrogens (tertiary/aromatic N) is 3. The van der Waals surface area contributed by atoms with Crippen LogP contribution in [0.4, 0.5) is 0 Å². The molecule has 1 aliphatic carbocycles. The van der Waals surface area contributed by atoms with Gasteiger partial charge in [-0.05, 0) is 80.4 Å². The van der Waals surface area contributed by atoms with Crippen LogP contribution in [0.2, 0.25) is 0 Å². The lowest BCUT2D eigenvalue weighted by atomic mass is 9.84. The lowest BCUT2D eigenvalue weighted by Gasteiger charge is -2.20. The molecule has 3 nitrogen and oxygen atoms in total. The van der Waals surface area contributed by atoms with Gasteiger partial charge in [0.1, 0.15) is 0 Å². The fourth-order valence-corrected chi connectivity index (χ4v) is 7.25. The normalized spacial score (nSPS) is 12.7. The zero-order chi connectivity index (χ0) is 33.3. The number of pyridine rings is 1. The minimum atomic E-state index is 0.696. The molecule has 0 saturated heterocycles. The van der Waals surface area contributed by atoms with E-state index in [1.807, 2.05) is 18.3 Å². The average molecular weight is 640 g/mol. The maximum atomic E-state index is 5.16. The number of allylic oxidation sites excluding steroid dienone is 4. The second-order valence-electron chi connectivity index (χ2n) is 12.7.